The van der Waals surface area contributed by atoms with Gasteiger partial charge < -0.3 is 51.5 Å². The van der Waals surface area contributed by atoms with Crippen LogP contribution < -0.4 is 34.7 Å². The van der Waals surface area contributed by atoms with E-state index >= 15 is 0 Å². The van der Waals surface area contributed by atoms with Crippen molar-refractivity contribution in [1.82, 2.24) is 0 Å². The zero-order valence-electron chi connectivity index (χ0n) is 9.59. The van der Waals surface area contributed by atoms with Crippen LogP contribution in [0.5, 0.6) is 0 Å². The molecule has 11 heteroatoms. The van der Waals surface area contributed by atoms with Crippen molar-refractivity contribution in [2.75, 3.05) is 6.61 Å². The van der Waals surface area contributed by atoms with Gasteiger partial charge in [-0.1, -0.05) is 0 Å². The second-order valence-electron chi connectivity index (χ2n) is 2.99. The molecule has 0 fully saturated rings. The van der Waals surface area contributed by atoms with Crippen LogP contribution in [0.15, 0.2) is 0 Å². The number of hydrogen-bond donors (Lipinski definition) is 6. The third-order valence-corrected chi connectivity index (χ3v) is 1.85. The topological polar surface area (TPSA) is 225 Å². The summed E-state index contributed by atoms with van der Waals surface area (Å²) in [6, 6.07) is 0. The molecule has 0 saturated carbocycles. The van der Waals surface area contributed by atoms with Crippen molar-refractivity contribution in [3.8, 4) is 0 Å². The Morgan fingerprint density at radius 2 is 1.33 bits per heavy atom. The Hall–Kier alpha value is 0.150. The van der Waals surface area contributed by atoms with Crippen LogP contribution in [0.2, 0.25) is 0 Å². The first-order valence-corrected chi connectivity index (χ1v) is 4.05. The monoisotopic (exact) mass is 284 g/mol. The molecule has 0 heterocycles. The van der Waals surface area contributed by atoms with Gasteiger partial charge in [-0.05, 0) is 0 Å². The minimum atomic E-state index is -2.40. The van der Waals surface area contributed by atoms with Crippen molar-refractivity contribution < 1.29 is 81.0 Å². The number of aliphatic carboxylic acids is 1. The Labute approximate surface area is 124 Å². The molecule has 1 unspecified atom stereocenters. The summed E-state index contributed by atoms with van der Waals surface area (Å²) in [5.74, 6) is -2.03. The number of aliphatic hydroxyl groups is 6. The van der Waals surface area contributed by atoms with Crippen molar-refractivity contribution in [1.29, 1.82) is 0 Å². The van der Waals surface area contributed by atoms with E-state index in [1.807, 2.05) is 0 Å². The van der Waals surface area contributed by atoms with Gasteiger partial charge in [0.05, 0.1) is 12.6 Å². The first-order chi connectivity index (χ1) is 6.82. The van der Waals surface area contributed by atoms with Gasteiger partial charge in [-0.25, -0.2) is 0 Å². The number of rotatable bonds is 6. The second-order valence-corrected chi connectivity index (χ2v) is 2.99. The van der Waals surface area contributed by atoms with Gasteiger partial charge in [-0.3, -0.25) is 0 Å². The van der Waals surface area contributed by atoms with Gasteiger partial charge in [0.15, 0.2) is 0 Å². The molecule has 0 aliphatic rings. The fraction of sp³-hybridized carbons (Fsp3) is 0.857. The first kappa shape index (κ1) is 26.7. The third kappa shape index (κ3) is 7.56. The predicted octanol–water partition coefficient (Wildman–Crippen LogP) is -10.1. The van der Waals surface area contributed by atoms with Gasteiger partial charge in [-0.2, -0.15) is 0 Å². The Balaban J connectivity index is -0.000000327. The molecule has 0 aromatic carbocycles. The molecule has 10 nitrogen and oxygen atoms in total. The van der Waals surface area contributed by atoms with Crippen LogP contribution in [0.1, 0.15) is 0 Å². The number of carboxylic acids is 1. The van der Waals surface area contributed by atoms with Crippen molar-refractivity contribution in [3.05, 3.63) is 0 Å². The predicted molar refractivity (Wildman–Crippen MR) is 49.4 cm³/mol. The van der Waals surface area contributed by atoms with Crippen LogP contribution in [0.3, 0.4) is 0 Å². The largest absolute Gasteiger partial charge is 1.00 e. The Bertz CT molecular complexity index is 214. The number of aliphatic hydroxyl groups excluding tert-OH is 6. The summed E-state index contributed by atoms with van der Waals surface area (Å²) in [5.41, 5.74) is 0. The summed E-state index contributed by atoms with van der Waals surface area (Å²) in [6.07, 6.45) is -10.5. The van der Waals surface area contributed by atoms with Gasteiger partial charge in [0.1, 0.15) is 30.5 Å². The van der Waals surface area contributed by atoms with Crippen LogP contribution in [0, 0.1) is 0 Å². The average Bonchev–Trinajstić information content (AvgIpc) is 2.23. The minimum absolute atomic E-state index is 0. The standard InChI is InChI=1S/C7H14O8.Na.2H2O/c8-1-2(9)3(10)4(11)5(12)6(13)7(14)15;;;/h2-6,8-13H,1H2,(H,14,15);;2*1H2/q;+1;;/p-1/t2-,3-,4+,5-,6?;;;/m1.../s1. The molecule has 0 rings (SSSR count). The quantitative estimate of drug-likeness (QED) is 0.256. The molecule has 106 valence electrons. The molecule has 0 bridgehead atoms. The normalized spacial score (nSPS) is 17.9. The molecular formula is C7H17NaO10. The van der Waals surface area contributed by atoms with Crippen LogP contribution in [-0.2, 0) is 4.79 Å². The number of carbonyl (C=O) groups is 1. The summed E-state index contributed by atoms with van der Waals surface area (Å²) < 4.78 is 0. The number of hydrogen-bond acceptors (Lipinski definition) is 8. The van der Waals surface area contributed by atoms with Crippen LogP contribution in [0.25, 0.3) is 0 Å². The van der Waals surface area contributed by atoms with Crippen LogP contribution in [-0.4, -0.2) is 84.7 Å². The van der Waals surface area contributed by atoms with E-state index in [1.165, 1.54) is 0 Å². The molecule has 0 amide bonds. The second kappa shape index (κ2) is 12.2. The van der Waals surface area contributed by atoms with Crippen molar-refractivity contribution in [2.45, 2.75) is 30.5 Å². The van der Waals surface area contributed by atoms with E-state index in [9.17, 15) is 9.90 Å². The molecule has 18 heavy (non-hydrogen) atoms. The van der Waals surface area contributed by atoms with Gasteiger partial charge in [0.25, 0.3) is 0 Å². The fourth-order valence-electron chi connectivity index (χ4n) is 0.864. The maximum Gasteiger partial charge on any atom is 1.00 e. The number of carboxylic acid groups (broad SMARTS) is 1. The van der Waals surface area contributed by atoms with Crippen molar-refractivity contribution >= 4 is 5.97 Å². The van der Waals surface area contributed by atoms with E-state index in [0.29, 0.717) is 0 Å². The minimum Gasteiger partial charge on any atom is -0.547 e. The zero-order chi connectivity index (χ0) is 12.2. The van der Waals surface area contributed by atoms with E-state index in [1.54, 1.807) is 0 Å². The fourth-order valence-corrected chi connectivity index (χ4v) is 0.864. The Kier molecular flexibility index (Phi) is 18.1. The summed E-state index contributed by atoms with van der Waals surface area (Å²) >= 11 is 0. The van der Waals surface area contributed by atoms with Crippen LogP contribution in [0.4, 0.5) is 0 Å². The third-order valence-electron chi connectivity index (χ3n) is 1.85. The zero-order valence-corrected chi connectivity index (χ0v) is 11.6. The summed E-state index contributed by atoms with van der Waals surface area (Å²) in [4.78, 5) is 10.1. The molecule has 0 aliphatic heterocycles. The SMILES string of the molecule is O.O.O=C([O-])C(O)[C@H](O)[C@@H](O)[C@H](O)[C@H](O)CO.[Na+]. The molecule has 0 aliphatic carbocycles. The molecule has 5 atom stereocenters. The molecule has 0 aromatic heterocycles. The van der Waals surface area contributed by atoms with Crippen molar-refractivity contribution in [2.24, 2.45) is 0 Å². The maximum atomic E-state index is 10.1. The average molecular weight is 284 g/mol. The molecular weight excluding hydrogens is 267 g/mol. The van der Waals surface area contributed by atoms with Gasteiger partial charge >= 0.3 is 29.6 Å². The summed E-state index contributed by atoms with van der Waals surface area (Å²) in [5, 5.41) is 63.2. The van der Waals surface area contributed by atoms with Crippen molar-refractivity contribution in [3.63, 3.8) is 0 Å². The maximum absolute atomic E-state index is 10.1. The smallest absolute Gasteiger partial charge is 0.547 e. The number of carbonyl (C=O) groups excluding carboxylic acids is 1. The van der Waals surface area contributed by atoms with E-state index < -0.39 is 43.1 Å². The van der Waals surface area contributed by atoms with Crippen LogP contribution >= 0.6 is 0 Å². The van der Waals surface area contributed by atoms with Gasteiger partial charge in [0, 0.05) is 0 Å². The Morgan fingerprint density at radius 1 is 0.944 bits per heavy atom. The summed E-state index contributed by atoms with van der Waals surface area (Å²) in [6.45, 7) is -0.896. The summed E-state index contributed by atoms with van der Waals surface area (Å²) in [7, 11) is 0. The Morgan fingerprint density at radius 3 is 1.61 bits per heavy atom. The van der Waals surface area contributed by atoms with E-state index in [0.717, 1.165) is 0 Å². The molecule has 0 radical (unpaired) electrons. The van der Waals surface area contributed by atoms with E-state index in [2.05, 4.69) is 0 Å². The van der Waals surface area contributed by atoms with Gasteiger partial charge in [0.2, 0.25) is 0 Å². The molecule has 0 saturated heterocycles. The molecule has 0 spiro atoms. The first-order valence-electron chi connectivity index (χ1n) is 4.05. The molecule has 10 N–H and O–H groups in total. The van der Waals surface area contributed by atoms with E-state index in [-0.39, 0.29) is 40.5 Å². The van der Waals surface area contributed by atoms with Gasteiger partial charge in [-0.15, -0.1) is 0 Å². The van der Waals surface area contributed by atoms with E-state index in [4.69, 9.17) is 30.6 Å². The molecule has 0 aromatic rings.